The van der Waals surface area contributed by atoms with E-state index >= 15 is 0 Å². The summed E-state index contributed by atoms with van der Waals surface area (Å²) in [4.78, 5) is 2.47. The lowest BCUT2D eigenvalue weighted by molar-refractivity contribution is 0.243. The van der Waals surface area contributed by atoms with Gasteiger partial charge in [-0.3, -0.25) is 0 Å². The second kappa shape index (κ2) is 6.41. The topological polar surface area (TPSA) is 24.5 Å². The Labute approximate surface area is 114 Å². The molecule has 100 valence electrons. The molecule has 0 bridgehead atoms. The van der Waals surface area contributed by atoms with Crippen LogP contribution in [0.25, 0.3) is 0 Å². The number of nitrogens with one attached hydrogen (secondary N) is 1. The summed E-state index contributed by atoms with van der Waals surface area (Å²) in [5.41, 5.74) is 2.29. The van der Waals surface area contributed by atoms with Crippen LogP contribution in [0.1, 0.15) is 11.1 Å². The Hall–Kier alpha value is -0.770. The predicted molar refractivity (Wildman–Crippen MR) is 75.8 cm³/mol. The van der Waals surface area contributed by atoms with Gasteiger partial charge in [0.05, 0.1) is 7.11 Å². The molecule has 1 aromatic carbocycles. The Morgan fingerprint density at radius 2 is 2.06 bits per heavy atom. The van der Waals surface area contributed by atoms with Gasteiger partial charge < -0.3 is 15.0 Å². The average molecular weight is 269 g/mol. The van der Waals surface area contributed by atoms with E-state index in [0.717, 1.165) is 61.0 Å². The van der Waals surface area contributed by atoms with Crippen molar-refractivity contribution in [2.45, 2.75) is 13.3 Å². The van der Waals surface area contributed by atoms with Gasteiger partial charge in [0.2, 0.25) is 0 Å². The Kier molecular flexibility index (Phi) is 4.87. The quantitative estimate of drug-likeness (QED) is 0.905. The Morgan fingerprint density at radius 3 is 2.72 bits per heavy atom. The summed E-state index contributed by atoms with van der Waals surface area (Å²) < 4.78 is 5.48. The summed E-state index contributed by atoms with van der Waals surface area (Å²) in [6.45, 7) is 7.50. The molecule has 0 radical (unpaired) electrons. The van der Waals surface area contributed by atoms with Crippen LogP contribution in [0.15, 0.2) is 12.1 Å². The number of halogens is 1. The first-order valence-electron chi connectivity index (χ1n) is 6.47. The number of benzene rings is 1. The van der Waals surface area contributed by atoms with E-state index in [0.29, 0.717) is 0 Å². The molecule has 0 aliphatic carbocycles. The molecule has 0 saturated carbocycles. The van der Waals surface area contributed by atoms with Gasteiger partial charge in [0.25, 0.3) is 0 Å². The first kappa shape index (κ1) is 13.7. The molecular weight excluding hydrogens is 248 g/mol. The van der Waals surface area contributed by atoms with E-state index in [2.05, 4.69) is 17.1 Å². The number of aryl methyl sites for hydroxylation is 1. The third-order valence-electron chi connectivity index (χ3n) is 3.49. The van der Waals surface area contributed by atoms with Crippen LogP contribution in [-0.2, 0) is 6.42 Å². The molecule has 18 heavy (non-hydrogen) atoms. The van der Waals surface area contributed by atoms with Crippen molar-refractivity contribution in [2.75, 3.05) is 39.8 Å². The van der Waals surface area contributed by atoms with Crippen molar-refractivity contribution in [2.24, 2.45) is 0 Å². The van der Waals surface area contributed by atoms with Gasteiger partial charge in [0, 0.05) is 43.3 Å². The molecule has 1 N–H and O–H groups in total. The molecule has 3 nitrogen and oxygen atoms in total. The van der Waals surface area contributed by atoms with Gasteiger partial charge in [-0.25, -0.2) is 0 Å². The lowest BCUT2D eigenvalue weighted by Crippen LogP contribution is -2.44. The van der Waals surface area contributed by atoms with Gasteiger partial charge in [0.15, 0.2) is 0 Å². The van der Waals surface area contributed by atoms with Crippen LogP contribution >= 0.6 is 11.6 Å². The van der Waals surface area contributed by atoms with Crippen LogP contribution in [0.2, 0.25) is 5.02 Å². The summed E-state index contributed by atoms with van der Waals surface area (Å²) in [6.07, 6.45) is 0.948. The number of methoxy groups -OCH3 is 1. The van der Waals surface area contributed by atoms with Crippen LogP contribution < -0.4 is 10.1 Å². The maximum Gasteiger partial charge on any atom is 0.126 e. The Bertz CT molecular complexity index is 403. The largest absolute Gasteiger partial charge is 0.496 e. The van der Waals surface area contributed by atoms with Gasteiger partial charge in [-0.1, -0.05) is 17.7 Å². The minimum atomic E-state index is 0.813. The minimum absolute atomic E-state index is 0.813. The fourth-order valence-electron chi connectivity index (χ4n) is 2.44. The molecule has 1 aliphatic rings. The van der Waals surface area contributed by atoms with Crippen molar-refractivity contribution in [1.82, 2.24) is 10.2 Å². The average Bonchev–Trinajstić information content (AvgIpc) is 2.41. The molecule has 0 spiro atoms. The van der Waals surface area contributed by atoms with E-state index in [-0.39, 0.29) is 0 Å². The highest BCUT2D eigenvalue weighted by molar-refractivity contribution is 6.31. The normalized spacial score (nSPS) is 16.8. The molecule has 2 rings (SSSR count). The molecule has 4 heteroatoms. The zero-order chi connectivity index (χ0) is 13.0. The van der Waals surface area contributed by atoms with Crippen molar-refractivity contribution < 1.29 is 4.74 Å². The molecule has 0 amide bonds. The fraction of sp³-hybridized carbons (Fsp3) is 0.571. The number of hydrogen-bond acceptors (Lipinski definition) is 3. The molecular formula is C14H21ClN2O. The van der Waals surface area contributed by atoms with E-state index in [1.807, 2.05) is 12.1 Å². The van der Waals surface area contributed by atoms with Crippen molar-refractivity contribution >= 4 is 11.6 Å². The molecule has 1 aliphatic heterocycles. The van der Waals surface area contributed by atoms with E-state index in [9.17, 15) is 0 Å². The second-order valence-electron chi connectivity index (χ2n) is 4.72. The van der Waals surface area contributed by atoms with Crippen LogP contribution in [0, 0.1) is 6.92 Å². The standard InChI is InChI=1S/C14H21ClN2O/c1-11-3-4-13(15)12(14(11)18-2)5-8-17-9-6-16-7-10-17/h3-4,16H,5-10H2,1-2H3. The van der Waals surface area contributed by atoms with Crippen molar-refractivity contribution in [3.63, 3.8) is 0 Å². The molecule has 1 fully saturated rings. The molecule has 0 aromatic heterocycles. The van der Waals surface area contributed by atoms with Crippen molar-refractivity contribution in [3.05, 3.63) is 28.3 Å². The molecule has 0 unspecified atom stereocenters. The lowest BCUT2D eigenvalue weighted by atomic mass is 10.1. The molecule has 1 heterocycles. The smallest absolute Gasteiger partial charge is 0.126 e. The van der Waals surface area contributed by atoms with Gasteiger partial charge >= 0.3 is 0 Å². The van der Waals surface area contributed by atoms with Crippen molar-refractivity contribution in [1.29, 1.82) is 0 Å². The second-order valence-corrected chi connectivity index (χ2v) is 5.12. The SMILES string of the molecule is COc1c(C)ccc(Cl)c1CCN1CCNCC1. The Morgan fingerprint density at radius 1 is 1.33 bits per heavy atom. The Balaban J connectivity index is 2.05. The molecule has 1 aromatic rings. The third kappa shape index (κ3) is 3.16. The van der Waals surface area contributed by atoms with Crippen LogP contribution in [0.3, 0.4) is 0 Å². The maximum absolute atomic E-state index is 6.29. The van der Waals surface area contributed by atoms with Crippen LogP contribution in [0.4, 0.5) is 0 Å². The molecule has 1 saturated heterocycles. The first-order valence-corrected chi connectivity index (χ1v) is 6.85. The summed E-state index contributed by atoms with van der Waals surface area (Å²) >= 11 is 6.29. The van der Waals surface area contributed by atoms with E-state index in [4.69, 9.17) is 16.3 Å². The maximum atomic E-state index is 6.29. The zero-order valence-electron chi connectivity index (χ0n) is 11.1. The monoisotopic (exact) mass is 268 g/mol. The van der Waals surface area contributed by atoms with Crippen LogP contribution in [-0.4, -0.2) is 44.7 Å². The van der Waals surface area contributed by atoms with E-state index < -0.39 is 0 Å². The van der Waals surface area contributed by atoms with Gasteiger partial charge in [0.1, 0.15) is 5.75 Å². The van der Waals surface area contributed by atoms with Gasteiger partial charge in [-0.15, -0.1) is 0 Å². The first-order chi connectivity index (χ1) is 8.72. The van der Waals surface area contributed by atoms with E-state index in [1.54, 1.807) is 7.11 Å². The summed E-state index contributed by atoms with van der Waals surface area (Å²) in [7, 11) is 1.72. The summed E-state index contributed by atoms with van der Waals surface area (Å²) in [5.74, 6) is 0.942. The van der Waals surface area contributed by atoms with Gasteiger partial charge in [-0.2, -0.15) is 0 Å². The molecule has 0 atom stereocenters. The fourth-order valence-corrected chi connectivity index (χ4v) is 2.69. The number of rotatable bonds is 4. The zero-order valence-corrected chi connectivity index (χ0v) is 11.9. The highest BCUT2D eigenvalue weighted by Crippen LogP contribution is 2.30. The minimum Gasteiger partial charge on any atom is -0.496 e. The number of nitrogens with zero attached hydrogens (tertiary/aromatic N) is 1. The number of piperazine rings is 1. The van der Waals surface area contributed by atoms with Gasteiger partial charge in [-0.05, 0) is 25.0 Å². The highest BCUT2D eigenvalue weighted by atomic mass is 35.5. The highest BCUT2D eigenvalue weighted by Gasteiger charge is 2.14. The lowest BCUT2D eigenvalue weighted by Gasteiger charge is -2.27. The van der Waals surface area contributed by atoms with Crippen molar-refractivity contribution in [3.8, 4) is 5.75 Å². The summed E-state index contributed by atoms with van der Waals surface area (Å²) in [6, 6.07) is 3.97. The van der Waals surface area contributed by atoms with Crippen LogP contribution in [0.5, 0.6) is 5.75 Å². The van der Waals surface area contributed by atoms with E-state index in [1.165, 1.54) is 0 Å². The predicted octanol–water partition coefficient (Wildman–Crippen LogP) is 2.10. The number of ether oxygens (including phenoxy) is 1. The third-order valence-corrected chi connectivity index (χ3v) is 3.85. The summed E-state index contributed by atoms with van der Waals surface area (Å²) in [5, 5.41) is 4.18. The number of hydrogen-bond donors (Lipinski definition) is 1.